The summed E-state index contributed by atoms with van der Waals surface area (Å²) < 4.78 is 38.0. The molecule has 2 aromatic rings. The first-order valence-electron chi connectivity index (χ1n) is 6.28. The van der Waals surface area contributed by atoms with Gasteiger partial charge in [-0.05, 0) is 43.5 Å². The van der Waals surface area contributed by atoms with E-state index in [2.05, 4.69) is 5.10 Å². The van der Waals surface area contributed by atoms with Crippen molar-refractivity contribution in [3.63, 3.8) is 0 Å². The molecule has 1 aromatic heterocycles. The maximum atomic E-state index is 13.2. The summed E-state index contributed by atoms with van der Waals surface area (Å²) in [6.07, 6.45) is 1.71. The van der Waals surface area contributed by atoms with Gasteiger partial charge in [0, 0.05) is 16.6 Å². The first-order valence-corrected chi connectivity index (χ1v) is 8.97. The number of hydrogen-bond acceptors (Lipinski definition) is 3. The van der Waals surface area contributed by atoms with Crippen molar-refractivity contribution in [1.29, 1.82) is 0 Å². The molecule has 112 valence electrons. The average molecular weight is 349 g/mol. The Morgan fingerprint density at radius 2 is 2.05 bits per heavy atom. The van der Waals surface area contributed by atoms with Crippen LogP contribution in [0.25, 0.3) is 5.69 Å². The molecule has 21 heavy (non-hydrogen) atoms. The van der Waals surface area contributed by atoms with E-state index in [1.165, 1.54) is 22.9 Å². The summed E-state index contributed by atoms with van der Waals surface area (Å²) in [5.74, 6) is -0.319. The summed E-state index contributed by atoms with van der Waals surface area (Å²) >= 11 is 6.18. The molecule has 0 unspecified atom stereocenters. The molecule has 1 aromatic carbocycles. The minimum absolute atomic E-state index is 0.0630. The summed E-state index contributed by atoms with van der Waals surface area (Å²) in [6, 6.07) is 4.11. The van der Waals surface area contributed by atoms with Crippen LogP contribution in [0.15, 0.2) is 23.1 Å². The number of nitrogens with zero attached hydrogens (tertiary/aromatic N) is 2. The molecule has 0 atom stereocenters. The molecule has 0 radical (unpaired) electrons. The van der Waals surface area contributed by atoms with Crippen molar-refractivity contribution < 1.29 is 12.8 Å². The van der Waals surface area contributed by atoms with Crippen LogP contribution in [0.4, 0.5) is 4.39 Å². The maximum Gasteiger partial charge on any atom is 0.266 e. The molecule has 0 saturated heterocycles. The van der Waals surface area contributed by atoms with Crippen molar-refractivity contribution in [3.05, 3.63) is 40.4 Å². The van der Waals surface area contributed by atoms with Gasteiger partial charge < -0.3 is 0 Å². The third-order valence-corrected chi connectivity index (χ3v) is 5.22. The van der Waals surface area contributed by atoms with Crippen LogP contribution in [0.2, 0.25) is 5.15 Å². The van der Waals surface area contributed by atoms with Crippen molar-refractivity contribution in [2.75, 3.05) is 0 Å². The summed E-state index contributed by atoms with van der Waals surface area (Å²) in [6.45, 7) is 1.70. The first-order chi connectivity index (χ1) is 9.79. The summed E-state index contributed by atoms with van der Waals surface area (Å²) in [5, 5.41) is 4.23. The molecule has 0 N–H and O–H groups in total. The van der Waals surface area contributed by atoms with Gasteiger partial charge in [0.05, 0.1) is 11.4 Å². The largest absolute Gasteiger partial charge is 0.266 e. The fourth-order valence-electron chi connectivity index (χ4n) is 2.26. The zero-order valence-corrected chi connectivity index (χ0v) is 13.3. The Labute approximate surface area is 130 Å². The van der Waals surface area contributed by atoms with E-state index >= 15 is 0 Å². The minimum Gasteiger partial charge on any atom is -0.220 e. The van der Waals surface area contributed by atoms with Gasteiger partial charge in [-0.2, -0.15) is 5.10 Å². The molecule has 0 amide bonds. The van der Waals surface area contributed by atoms with E-state index in [9.17, 15) is 12.8 Å². The monoisotopic (exact) mass is 348 g/mol. The lowest BCUT2D eigenvalue weighted by Gasteiger charge is -2.07. The SMILES string of the molecule is Cc1cc(F)ccc1-n1nc(C2CC2)c(S(=O)(=O)Cl)c1Cl. The highest BCUT2D eigenvalue weighted by Gasteiger charge is 2.36. The topological polar surface area (TPSA) is 52.0 Å². The predicted octanol–water partition coefficient (Wildman–Crippen LogP) is 3.78. The van der Waals surface area contributed by atoms with Gasteiger partial charge in [0.15, 0.2) is 5.15 Å². The average Bonchev–Trinajstić information content (AvgIpc) is 3.13. The molecule has 0 aliphatic heterocycles. The Hall–Kier alpha value is -1.11. The van der Waals surface area contributed by atoms with Gasteiger partial charge in [0.25, 0.3) is 9.05 Å². The van der Waals surface area contributed by atoms with Gasteiger partial charge in [-0.15, -0.1) is 0 Å². The standard InChI is InChI=1S/C13H11Cl2FN2O2S/c1-7-6-9(16)4-5-10(7)18-13(14)12(21(15,19)20)11(17-18)8-2-3-8/h4-6,8H,2-3H2,1H3. The fourth-order valence-corrected chi connectivity index (χ4v) is 4.11. The van der Waals surface area contributed by atoms with Crippen molar-refractivity contribution in [2.45, 2.75) is 30.6 Å². The number of benzene rings is 1. The third kappa shape index (κ3) is 2.67. The molecule has 4 nitrogen and oxygen atoms in total. The molecule has 0 bridgehead atoms. The van der Waals surface area contributed by atoms with E-state index in [-0.39, 0.29) is 21.8 Å². The number of aryl methyl sites for hydroxylation is 1. The molecule has 1 aliphatic rings. The second-order valence-corrected chi connectivity index (χ2v) is 7.92. The van der Waals surface area contributed by atoms with E-state index in [4.69, 9.17) is 22.3 Å². The van der Waals surface area contributed by atoms with Crippen LogP contribution in [-0.2, 0) is 9.05 Å². The van der Waals surface area contributed by atoms with Crippen LogP contribution in [0, 0.1) is 12.7 Å². The predicted molar refractivity (Wildman–Crippen MR) is 78.3 cm³/mol. The van der Waals surface area contributed by atoms with E-state index < -0.39 is 9.05 Å². The number of hydrogen-bond donors (Lipinski definition) is 0. The normalized spacial score (nSPS) is 15.4. The van der Waals surface area contributed by atoms with Crippen LogP contribution in [0.5, 0.6) is 0 Å². The lowest BCUT2D eigenvalue weighted by Crippen LogP contribution is -2.00. The van der Waals surface area contributed by atoms with Gasteiger partial charge in [-0.3, -0.25) is 0 Å². The van der Waals surface area contributed by atoms with Crippen molar-refractivity contribution in [1.82, 2.24) is 9.78 Å². The van der Waals surface area contributed by atoms with Crippen LogP contribution < -0.4 is 0 Å². The third-order valence-electron chi connectivity index (χ3n) is 3.41. The molecule has 3 rings (SSSR count). The van der Waals surface area contributed by atoms with Gasteiger partial charge in [-0.1, -0.05) is 11.6 Å². The van der Waals surface area contributed by atoms with Gasteiger partial charge in [-0.25, -0.2) is 17.5 Å². The Bertz CT molecular complexity index is 829. The second kappa shape index (κ2) is 4.97. The first kappa shape index (κ1) is 14.8. The summed E-state index contributed by atoms with van der Waals surface area (Å²) in [4.78, 5) is -0.142. The van der Waals surface area contributed by atoms with Crippen LogP contribution in [-0.4, -0.2) is 18.2 Å². The number of aromatic nitrogens is 2. The zero-order valence-electron chi connectivity index (χ0n) is 11.0. The number of rotatable bonds is 3. The van der Waals surface area contributed by atoms with Gasteiger partial charge >= 0.3 is 0 Å². The minimum atomic E-state index is -3.99. The molecule has 1 heterocycles. The highest BCUT2D eigenvalue weighted by Crippen LogP contribution is 2.45. The van der Waals surface area contributed by atoms with Gasteiger partial charge in [0.2, 0.25) is 0 Å². The van der Waals surface area contributed by atoms with E-state index in [0.717, 1.165) is 12.8 Å². The highest BCUT2D eigenvalue weighted by atomic mass is 35.7. The van der Waals surface area contributed by atoms with Crippen molar-refractivity contribution in [2.24, 2.45) is 0 Å². The molecular formula is C13H11Cl2FN2O2S. The van der Waals surface area contributed by atoms with Crippen LogP contribution in [0.3, 0.4) is 0 Å². The highest BCUT2D eigenvalue weighted by molar-refractivity contribution is 8.13. The summed E-state index contributed by atoms with van der Waals surface area (Å²) in [7, 11) is 1.49. The second-order valence-electron chi connectivity index (χ2n) is 5.06. The Morgan fingerprint density at radius 1 is 1.38 bits per heavy atom. The quantitative estimate of drug-likeness (QED) is 0.793. The summed E-state index contributed by atoms with van der Waals surface area (Å²) in [5.41, 5.74) is 1.51. The van der Waals surface area contributed by atoms with Crippen molar-refractivity contribution in [3.8, 4) is 5.69 Å². The lowest BCUT2D eigenvalue weighted by atomic mass is 10.2. The molecule has 1 aliphatic carbocycles. The van der Waals surface area contributed by atoms with E-state index in [1.807, 2.05) is 0 Å². The van der Waals surface area contributed by atoms with E-state index in [1.54, 1.807) is 6.92 Å². The fraction of sp³-hybridized carbons (Fsp3) is 0.308. The van der Waals surface area contributed by atoms with Gasteiger partial charge in [0.1, 0.15) is 10.7 Å². The van der Waals surface area contributed by atoms with Crippen LogP contribution >= 0.6 is 22.3 Å². The maximum absolute atomic E-state index is 13.2. The molecule has 8 heteroatoms. The Morgan fingerprint density at radius 3 is 2.57 bits per heavy atom. The van der Waals surface area contributed by atoms with Crippen LogP contribution in [0.1, 0.15) is 30.0 Å². The number of halogens is 3. The Balaban J connectivity index is 2.25. The van der Waals surface area contributed by atoms with E-state index in [0.29, 0.717) is 16.9 Å². The molecule has 1 saturated carbocycles. The smallest absolute Gasteiger partial charge is 0.220 e. The molecule has 1 fully saturated rings. The molecular weight excluding hydrogens is 338 g/mol. The van der Waals surface area contributed by atoms with Crippen molar-refractivity contribution >= 4 is 31.3 Å². The Kier molecular flexibility index (Phi) is 3.50. The zero-order chi connectivity index (χ0) is 15.4. The molecule has 0 spiro atoms. The lowest BCUT2D eigenvalue weighted by molar-refractivity contribution is 0.608.